The Morgan fingerprint density at radius 1 is 1.15 bits per heavy atom. The molecular weight excluding hydrogens is 420 g/mol. The topological polar surface area (TPSA) is 81.0 Å². The predicted molar refractivity (Wildman–Crippen MR) is 126 cm³/mol. The summed E-state index contributed by atoms with van der Waals surface area (Å²) < 4.78 is 11.8. The number of methoxy groups -OCH3 is 2. The largest absolute Gasteiger partial charge is 0.496 e. The first-order valence-corrected chi connectivity index (χ1v) is 11.2. The van der Waals surface area contributed by atoms with E-state index in [1.807, 2.05) is 43.3 Å². The summed E-state index contributed by atoms with van der Waals surface area (Å²) in [7, 11) is 3.04. The molecule has 174 valence electrons. The van der Waals surface area contributed by atoms with Gasteiger partial charge in [-0.2, -0.15) is 0 Å². The first-order valence-electron chi connectivity index (χ1n) is 11.2. The first-order chi connectivity index (χ1) is 15.8. The monoisotopic (exact) mass is 450 g/mol. The Balaban J connectivity index is 1.73. The number of piperidine rings is 1. The molecule has 0 radical (unpaired) electrons. The number of likely N-dealkylation sites (tertiary alicyclic amines) is 1. The van der Waals surface area contributed by atoms with Gasteiger partial charge in [0.1, 0.15) is 5.75 Å². The van der Waals surface area contributed by atoms with Crippen molar-refractivity contribution < 1.29 is 24.2 Å². The molecule has 3 aromatic rings. The third-order valence-electron chi connectivity index (χ3n) is 6.71. The smallest absolute Gasteiger partial charge is 0.416 e. The summed E-state index contributed by atoms with van der Waals surface area (Å²) in [6.45, 7) is 5.73. The summed E-state index contributed by atoms with van der Waals surface area (Å²) in [4.78, 5) is 26.0. The van der Waals surface area contributed by atoms with Crippen LogP contribution in [0.2, 0.25) is 0 Å². The van der Waals surface area contributed by atoms with Gasteiger partial charge in [-0.25, -0.2) is 9.59 Å². The van der Waals surface area contributed by atoms with Gasteiger partial charge in [0.05, 0.1) is 25.3 Å². The maximum absolute atomic E-state index is 11.8. The Morgan fingerprint density at radius 3 is 2.52 bits per heavy atom. The third kappa shape index (κ3) is 4.33. The van der Waals surface area contributed by atoms with E-state index in [4.69, 9.17) is 9.47 Å². The minimum Gasteiger partial charge on any atom is -0.496 e. The average molecular weight is 451 g/mol. The molecule has 1 fully saturated rings. The number of hydrogen-bond donors (Lipinski definition) is 1. The van der Waals surface area contributed by atoms with Gasteiger partial charge in [0.25, 0.3) is 0 Å². The maximum Gasteiger partial charge on any atom is 0.416 e. The molecule has 1 aromatic heterocycles. The normalized spacial score (nSPS) is 18.9. The van der Waals surface area contributed by atoms with Crippen LogP contribution < -0.4 is 4.74 Å². The van der Waals surface area contributed by atoms with E-state index in [9.17, 15) is 14.7 Å². The fourth-order valence-electron chi connectivity index (χ4n) is 4.96. The molecule has 7 heteroatoms. The molecule has 0 bridgehead atoms. The number of hydrogen-bond acceptors (Lipinski definition) is 5. The highest BCUT2D eigenvalue weighted by atomic mass is 16.5. The minimum absolute atomic E-state index is 0.183. The van der Waals surface area contributed by atoms with E-state index in [2.05, 4.69) is 11.8 Å². The molecule has 0 aliphatic carbocycles. The number of carbonyl (C=O) groups excluding carboxylic acids is 1. The number of carbonyl (C=O) groups is 2. The Bertz CT molecular complexity index is 1180. The highest BCUT2D eigenvalue weighted by Crippen LogP contribution is 2.39. The van der Waals surface area contributed by atoms with Gasteiger partial charge in [-0.3, -0.25) is 9.47 Å². The second-order valence-corrected chi connectivity index (χ2v) is 8.83. The number of aryl methyl sites for hydroxylation is 1. The lowest BCUT2D eigenvalue weighted by atomic mass is 9.87. The van der Waals surface area contributed by atoms with E-state index in [0.29, 0.717) is 23.5 Å². The SMILES string of the molecule is COC(=O)c1ccc([C@@H]2C[C@@H](C)CCN2Cc2c(OC)cc(C)c3c2ccn3C(=O)O)cc1. The molecule has 0 spiro atoms. The van der Waals surface area contributed by atoms with Crippen LogP contribution in [0.3, 0.4) is 0 Å². The molecule has 2 aromatic carbocycles. The van der Waals surface area contributed by atoms with Gasteiger partial charge in [0, 0.05) is 29.7 Å². The van der Waals surface area contributed by atoms with Gasteiger partial charge in [-0.1, -0.05) is 19.1 Å². The molecule has 4 rings (SSSR count). The van der Waals surface area contributed by atoms with Crippen LogP contribution in [-0.4, -0.2) is 47.4 Å². The van der Waals surface area contributed by atoms with Crippen molar-refractivity contribution in [2.24, 2.45) is 5.92 Å². The molecule has 33 heavy (non-hydrogen) atoms. The number of aromatic nitrogens is 1. The van der Waals surface area contributed by atoms with Crippen LogP contribution in [0.15, 0.2) is 42.6 Å². The second-order valence-electron chi connectivity index (χ2n) is 8.83. The summed E-state index contributed by atoms with van der Waals surface area (Å²) in [5.41, 5.74) is 4.24. The number of ether oxygens (including phenoxy) is 2. The van der Waals surface area contributed by atoms with Crippen LogP contribution in [0, 0.1) is 12.8 Å². The number of nitrogens with zero attached hydrogens (tertiary/aromatic N) is 2. The van der Waals surface area contributed by atoms with Crippen LogP contribution in [0.25, 0.3) is 10.9 Å². The number of fused-ring (bicyclic) bond motifs is 1. The molecule has 1 aliphatic heterocycles. The van der Waals surface area contributed by atoms with Gasteiger partial charge in [-0.15, -0.1) is 0 Å². The lowest BCUT2D eigenvalue weighted by Crippen LogP contribution is -2.36. The lowest BCUT2D eigenvalue weighted by Gasteiger charge is -2.39. The standard InChI is InChI=1S/C26H30N2O5/c1-16-9-11-27(22(13-16)18-5-7-19(8-6-18)25(29)33-4)15-21-20-10-12-28(26(30)31)24(20)17(2)14-23(21)32-3/h5-8,10,12,14,16,22H,9,11,13,15H2,1-4H3,(H,30,31)/t16-,22-/m0/s1. The minimum atomic E-state index is -1.00. The van der Waals surface area contributed by atoms with Crippen molar-refractivity contribution in [3.8, 4) is 5.75 Å². The van der Waals surface area contributed by atoms with Crippen LogP contribution in [-0.2, 0) is 11.3 Å². The molecule has 7 nitrogen and oxygen atoms in total. The summed E-state index contributed by atoms with van der Waals surface area (Å²) in [5, 5.41) is 10.5. The molecule has 0 amide bonds. The summed E-state index contributed by atoms with van der Waals surface area (Å²) in [6.07, 6.45) is 2.69. The zero-order valence-corrected chi connectivity index (χ0v) is 19.5. The Labute approximate surface area is 193 Å². The van der Waals surface area contributed by atoms with E-state index in [-0.39, 0.29) is 12.0 Å². The van der Waals surface area contributed by atoms with Gasteiger partial charge in [0.15, 0.2) is 0 Å². The highest BCUT2D eigenvalue weighted by Gasteiger charge is 2.29. The van der Waals surface area contributed by atoms with Crippen LogP contribution in [0.4, 0.5) is 4.79 Å². The Hall–Kier alpha value is -3.32. The Kier molecular flexibility index (Phi) is 6.42. The third-order valence-corrected chi connectivity index (χ3v) is 6.71. The fourth-order valence-corrected chi connectivity index (χ4v) is 4.96. The summed E-state index contributed by atoms with van der Waals surface area (Å²) in [6, 6.07) is 11.6. The van der Waals surface area contributed by atoms with E-state index < -0.39 is 6.09 Å². The fraction of sp³-hybridized carbons (Fsp3) is 0.385. The van der Waals surface area contributed by atoms with Crippen molar-refractivity contribution in [3.05, 3.63) is 64.8 Å². The second kappa shape index (κ2) is 9.27. The van der Waals surface area contributed by atoms with Crippen LogP contribution in [0.1, 0.15) is 52.9 Å². The molecule has 0 saturated carbocycles. The van der Waals surface area contributed by atoms with Crippen molar-refractivity contribution in [1.29, 1.82) is 0 Å². The van der Waals surface area contributed by atoms with E-state index in [1.165, 1.54) is 11.7 Å². The zero-order valence-electron chi connectivity index (χ0n) is 19.5. The molecular formula is C26H30N2O5. The molecule has 2 atom stereocenters. The molecule has 1 N–H and O–H groups in total. The van der Waals surface area contributed by atoms with Crippen molar-refractivity contribution in [1.82, 2.24) is 9.47 Å². The quantitative estimate of drug-likeness (QED) is 0.535. The molecule has 0 unspecified atom stereocenters. The van der Waals surface area contributed by atoms with Gasteiger partial charge in [-0.05, 0) is 67.6 Å². The van der Waals surface area contributed by atoms with E-state index in [1.54, 1.807) is 13.3 Å². The van der Waals surface area contributed by atoms with Gasteiger partial charge >= 0.3 is 12.1 Å². The lowest BCUT2D eigenvalue weighted by molar-refractivity contribution is 0.0600. The van der Waals surface area contributed by atoms with E-state index >= 15 is 0 Å². The van der Waals surface area contributed by atoms with Crippen molar-refractivity contribution in [2.75, 3.05) is 20.8 Å². The van der Waals surface area contributed by atoms with Gasteiger partial charge in [0.2, 0.25) is 0 Å². The van der Waals surface area contributed by atoms with Crippen molar-refractivity contribution in [2.45, 2.75) is 39.3 Å². The van der Waals surface area contributed by atoms with Crippen molar-refractivity contribution >= 4 is 23.0 Å². The highest BCUT2D eigenvalue weighted by molar-refractivity contribution is 5.94. The van der Waals surface area contributed by atoms with E-state index in [0.717, 1.165) is 47.2 Å². The molecule has 2 heterocycles. The molecule has 1 saturated heterocycles. The average Bonchev–Trinajstić information content (AvgIpc) is 3.27. The summed E-state index contributed by atoms with van der Waals surface area (Å²) >= 11 is 0. The van der Waals surface area contributed by atoms with Crippen LogP contribution in [0.5, 0.6) is 5.75 Å². The van der Waals surface area contributed by atoms with Crippen LogP contribution >= 0.6 is 0 Å². The number of carboxylic acid groups (broad SMARTS) is 1. The Morgan fingerprint density at radius 2 is 1.88 bits per heavy atom. The number of rotatable bonds is 5. The maximum atomic E-state index is 11.8. The zero-order chi connectivity index (χ0) is 23.7. The number of benzene rings is 2. The summed E-state index contributed by atoms with van der Waals surface area (Å²) in [5.74, 6) is 1.01. The predicted octanol–water partition coefficient (Wildman–Crippen LogP) is 5.24. The number of esters is 1. The van der Waals surface area contributed by atoms with Gasteiger partial charge < -0.3 is 14.6 Å². The van der Waals surface area contributed by atoms with Crippen molar-refractivity contribution in [3.63, 3.8) is 0 Å². The molecule has 1 aliphatic rings. The first kappa shape index (κ1) is 22.9.